The van der Waals surface area contributed by atoms with Crippen molar-refractivity contribution in [3.63, 3.8) is 0 Å². The molecule has 1 aromatic rings. The van der Waals surface area contributed by atoms with Crippen LogP contribution in [0.15, 0.2) is 18.3 Å². The lowest BCUT2D eigenvalue weighted by atomic mass is 10.1. The number of hydrogen-bond acceptors (Lipinski definition) is 3. The molecule has 0 aromatic carbocycles. The number of aromatic nitrogens is 1. The van der Waals surface area contributed by atoms with E-state index in [2.05, 4.69) is 22.5 Å². The van der Waals surface area contributed by atoms with Gasteiger partial charge in [0.25, 0.3) is 5.91 Å². The molecule has 0 atom stereocenters. The number of nitrogens with zero attached hydrogens (tertiary/aromatic N) is 1. The maximum atomic E-state index is 11.9. The molecular weight excluding hydrogens is 238 g/mol. The van der Waals surface area contributed by atoms with Gasteiger partial charge in [-0.25, -0.2) is 4.98 Å². The van der Waals surface area contributed by atoms with E-state index < -0.39 is 0 Å². The molecule has 4 nitrogen and oxygen atoms in total. The minimum absolute atomic E-state index is 0.0856. The largest absolute Gasteiger partial charge is 0.370 e. The van der Waals surface area contributed by atoms with Crippen molar-refractivity contribution < 1.29 is 4.79 Å². The number of nitrogens with one attached hydrogen (secondary N) is 2. The molecule has 0 radical (unpaired) electrons. The van der Waals surface area contributed by atoms with Gasteiger partial charge in [-0.2, -0.15) is 0 Å². The van der Waals surface area contributed by atoms with Gasteiger partial charge in [0.05, 0.1) is 5.56 Å². The molecule has 1 amide bonds. The molecule has 0 aliphatic rings. The average molecular weight is 263 g/mol. The van der Waals surface area contributed by atoms with Crippen LogP contribution in [0.2, 0.25) is 0 Å². The van der Waals surface area contributed by atoms with Crippen LogP contribution in [-0.4, -0.2) is 23.0 Å². The highest BCUT2D eigenvalue weighted by Crippen LogP contribution is 2.08. The fourth-order valence-corrected chi connectivity index (χ4v) is 1.64. The number of rotatable bonds is 6. The standard InChI is InChI=1S/C15H25N3O/c1-5-6-7-10-16-13-9-8-12(11-17-13)14(19)18-15(2,3)4/h8-9,11H,5-7,10H2,1-4H3,(H,16,17)(H,18,19). The second kappa shape index (κ2) is 7.12. The Kier molecular flexibility index (Phi) is 5.80. The van der Waals surface area contributed by atoms with E-state index in [0.29, 0.717) is 5.56 Å². The van der Waals surface area contributed by atoms with Gasteiger partial charge in [0.15, 0.2) is 0 Å². The molecule has 0 bridgehead atoms. The first-order valence-corrected chi connectivity index (χ1v) is 6.95. The number of carbonyl (C=O) groups excluding carboxylic acids is 1. The van der Waals surface area contributed by atoms with Gasteiger partial charge in [0.2, 0.25) is 0 Å². The highest BCUT2D eigenvalue weighted by atomic mass is 16.1. The van der Waals surface area contributed by atoms with Crippen LogP contribution < -0.4 is 10.6 Å². The number of carbonyl (C=O) groups is 1. The zero-order valence-corrected chi connectivity index (χ0v) is 12.4. The Bertz CT molecular complexity index is 393. The van der Waals surface area contributed by atoms with Crippen LogP contribution in [-0.2, 0) is 0 Å². The predicted octanol–water partition coefficient (Wildman–Crippen LogP) is 3.21. The van der Waals surface area contributed by atoms with E-state index in [0.717, 1.165) is 18.8 Å². The van der Waals surface area contributed by atoms with Crippen molar-refractivity contribution in [2.75, 3.05) is 11.9 Å². The molecular formula is C15H25N3O. The predicted molar refractivity (Wildman–Crippen MR) is 79.5 cm³/mol. The number of hydrogen-bond donors (Lipinski definition) is 2. The van der Waals surface area contributed by atoms with E-state index in [1.165, 1.54) is 12.8 Å². The summed E-state index contributed by atoms with van der Waals surface area (Å²) in [6, 6.07) is 3.65. The Hall–Kier alpha value is -1.58. The van der Waals surface area contributed by atoms with E-state index in [1.807, 2.05) is 26.8 Å². The van der Waals surface area contributed by atoms with Gasteiger partial charge in [-0.3, -0.25) is 4.79 Å². The lowest BCUT2D eigenvalue weighted by Gasteiger charge is -2.20. The Morgan fingerprint density at radius 2 is 2.00 bits per heavy atom. The van der Waals surface area contributed by atoms with Crippen molar-refractivity contribution in [2.24, 2.45) is 0 Å². The monoisotopic (exact) mass is 263 g/mol. The number of pyridine rings is 1. The van der Waals surface area contributed by atoms with Gasteiger partial charge in [-0.1, -0.05) is 19.8 Å². The quantitative estimate of drug-likeness (QED) is 0.775. The lowest BCUT2D eigenvalue weighted by Crippen LogP contribution is -2.40. The van der Waals surface area contributed by atoms with Crippen molar-refractivity contribution in [1.82, 2.24) is 10.3 Å². The zero-order chi connectivity index (χ0) is 14.3. The van der Waals surface area contributed by atoms with Crippen LogP contribution >= 0.6 is 0 Å². The maximum Gasteiger partial charge on any atom is 0.253 e. The van der Waals surface area contributed by atoms with Crippen molar-refractivity contribution >= 4 is 11.7 Å². The van der Waals surface area contributed by atoms with E-state index in [9.17, 15) is 4.79 Å². The molecule has 0 unspecified atom stereocenters. The molecule has 0 fully saturated rings. The molecule has 1 aromatic heterocycles. The highest BCUT2D eigenvalue weighted by Gasteiger charge is 2.15. The summed E-state index contributed by atoms with van der Waals surface area (Å²) >= 11 is 0. The fourth-order valence-electron chi connectivity index (χ4n) is 1.64. The second-order valence-corrected chi connectivity index (χ2v) is 5.77. The molecule has 19 heavy (non-hydrogen) atoms. The average Bonchev–Trinajstić information content (AvgIpc) is 2.33. The van der Waals surface area contributed by atoms with E-state index in [4.69, 9.17) is 0 Å². The van der Waals surface area contributed by atoms with Gasteiger partial charge >= 0.3 is 0 Å². The second-order valence-electron chi connectivity index (χ2n) is 5.77. The molecule has 0 aliphatic carbocycles. The summed E-state index contributed by atoms with van der Waals surface area (Å²) in [5.41, 5.74) is 0.364. The minimum Gasteiger partial charge on any atom is -0.370 e. The Balaban J connectivity index is 2.49. The van der Waals surface area contributed by atoms with Gasteiger partial charge in [0, 0.05) is 18.3 Å². The maximum absolute atomic E-state index is 11.9. The third-order valence-corrected chi connectivity index (χ3v) is 2.60. The summed E-state index contributed by atoms with van der Waals surface area (Å²) in [6.07, 6.45) is 5.19. The minimum atomic E-state index is -0.228. The first-order valence-electron chi connectivity index (χ1n) is 6.95. The van der Waals surface area contributed by atoms with E-state index in [-0.39, 0.29) is 11.4 Å². The van der Waals surface area contributed by atoms with Crippen molar-refractivity contribution in [3.8, 4) is 0 Å². The third kappa shape index (κ3) is 6.22. The van der Waals surface area contributed by atoms with Crippen molar-refractivity contribution in [1.29, 1.82) is 0 Å². The van der Waals surface area contributed by atoms with E-state index >= 15 is 0 Å². The summed E-state index contributed by atoms with van der Waals surface area (Å²) in [4.78, 5) is 16.2. The van der Waals surface area contributed by atoms with Gasteiger partial charge in [-0.15, -0.1) is 0 Å². The van der Waals surface area contributed by atoms with Gasteiger partial charge < -0.3 is 10.6 Å². The van der Waals surface area contributed by atoms with Crippen LogP contribution in [0.25, 0.3) is 0 Å². The Labute approximate surface area is 116 Å². The lowest BCUT2D eigenvalue weighted by molar-refractivity contribution is 0.0919. The summed E-state index contributed by atoms with van der Waals surface area (Å²) in [5.74, 6) is 0.737. The van der Waals surface area contributed by atoms with Crippen LogP contribution in [0.3, 0.4) is 0 Å². The van der Waals surface area contributed by atoms with Crippen molar-refractivity contribution in [3.05, 3.63) is 23.9 Å². The molecule has 1 heterocycles. The molecule has 0 spiro atoms. The summed E-state index contributed by atoms with van der Waals surface area (Å²) in [5, 5.41) is 6.17. The topological polar surface area (TPSA) is 54.0 Å². The van der Waals surface area contributed by atoms with Crippen LogP contribution in [0, 0.1) is 0 Å². The number of anilines is 1. The molecule has 106 valence electrons. The Morgan fingerprint density at radius 3 is 2.53 bits per heavy atom. The normalized spacial score (nSPS) is 11.2. The Morgan fingerprint density at radius 1 is 1.26 bits per heavy atom. The molecule has 4 heteroatoms. The molecule has 0 saturated carbocycles. The van der Waals surface area contributed by atoms with Crippen molar-refractivity contribution in [2.45, 2.75) is 52.5 Å². The third-order valence-electron chi connectivity index (χ3n) is 2.60. The summed E-state index contributed by atoms with van der Waals surface area (Å²) in [6.45, 7) is 8.99. The highest BCUT2D eigenvalue weighted by molar-refractivity contribution is 5.94. The van der Waals surface area contributed by atoms with Crippen LogP contribution in [0.4, 0.5) is 5.82 Å². The summed E-state index contributed by atoms with van der Waals surface area (Å²) in [7, 11) is 0. The first-order chi connectivity index (χ1) is 8.92. The van der Waals surface area contributed by atoms with Gasteiger partial charge in [-0.05, 0) is 39.3 Å². The van der Waals surface area contributed by atoms with Gasteiger partial charge in [0.1, 0.15) is 5.82 Å². The molecule has 0 saturated heterocycles. The first kappa shape index (κ1) is 15.5. The summed E-state index contributed by atoms with van der Waals surface area (Å²) < 4.78 is 0. The molecule has 2 N–H and O–H groups in total. The van der Waals surface area contributed by atoms with Crippen LogP contribution in [0.5, 0.6) is 0 Å². The SMILES string of the molecule is CCCCCNc1ccc(C(=O)NC(C)(C)C)cn1. The fraction of sp³-hybridized carbons (Fsp3) is 0.600. The van der Waals surface area contributed by atoms with Crippen LogP contribution in [0.1, 0.15) is 57.3 Å². The number of amides is 1. The molecule has 1 rings (SSSR count). The molecule has 0 aliphatic heterocycles. The zero-order valence-electron chi connectivity index (χ0n) is 12.4. The smallest absolute Gasteiger partial charge is 0.253 e. The number of unbranched alkanes of at least 4 members (excludes halogenated alkanes) is 2. The van der Waals surface area contributed by atoms with E-state index in [1.54, 1.807) is 12.3 Å².